The molecule has 6 rings (SSSR count). The van der Waals surface area contributed by atoms with Crippen molar-refractivity contribution in [3.05, 3.63) is 71.9 Å². The lowest BCUT2D eigenvalue weighted by molar-refractivity contribution is 0.0341. The highest BCUT2D eigenvalue weighted by Gasteiger charge is 2.17. The zero-order chi connectivity index (χ0) is 25.7. The number of nitrogens with zero attached hydrogens (tertiary/aromatic N) is 5. The first kappa shape index (κ1) is 24.7. The number of fused-ring (bicyclic) bond motifs is 1. The van der Waals surface area contributed by atoms with Gasteiger partial charge in [0.15, 0.2) is 5.69 Å². The number of morpholine rings is 1. The smallest absolute Gasteiger partial charge is 0.276 e. The van der Waals surface area contributed by atoms with Crippen molar-refractivity contribution in [2.24, 2.45) is 0 Å². The molecule has 1 aromatic carbocycles. The Morgan fingerprint density at radius 1 is 0.921 bits per heavy atom. The van der Waals surface area contributed by atoms with E-state index in [1.54, 1.807) is 6.20 Å². The molecule has 9 nitrogen and oxygen atoms in total. The molecule has 4 aromatic rings. The van der Waals surface area contributed by atoms with Crippen LogP contribution < -0.4 is 5.32 Å². The third-order valence-corrected chi connectivity index (χ3v) is 7.32. The van der Waals surface area contributed by atoms with E-state index in [1.807, 2.05) is 42.7 Å². The highest BCUT2D eigenvalue weighted by molar-refractivity contribution is 6.11. The molecule has 2 saturated heterocycles. The van der Waals surface area contributed by atoms with Gasteiger partial charge in [-0.05, 0) is 67.4 Å². The SMILES string of the molecule is O=C(Nc1ccnc(CN2CCCCC2)c1)c1n[nH]c2ccc(-c3cncc(CN4CCOCC4)c3)cc12. The normalized spacial score (nSPS) is 17.1. The molecule has 3 aromatic heterocycles. The van der Waals surface area contributed by atoms with Gasteiger partial charge in [0.2, 0.25) is 0 Å². The maximum atomic E-state index is 13.3. The molecule has 2 aliphatic rings. The van der Waals surface area contributed by atoms with E-state index in [2.05, 4.69) is 41.3 Å². The quantitative estimate of drug-likeness (QED) is 0.386. The summed E-state index contributed by atoms with van der Waals surface area (Å²) in [4.78, 5) is 27.1. The molecule has 0 radical (unpaired) electrons. The lowest BCUT2D eigenvalue weighted by Gasteiger charge is -2.26. The second-order valence-electron chi connectivity index (χ2n) is 10.1. The van der Waals surface area contributed by atoms with Crippen LogP contribution in [-0.4, -0.2) is 75.3 Å². The number of piperidine rings is 1. The maximum absolute atomic E-state index is 13.3. The Labute approximate surface area is 222 Å². The summed E-state index contributed by atoms with van der Waals surface area (Å²) in [5.74, 6) is -0.247. The minimum Gasteiger partial charge on any atom is -0.379 e. The Balaban J connectivity index is 1.19. The summed E-state index contributed by atoms with van der Waals surface area (Å²) in [5.41, 5.74) is 6.05. The van der Waals surface area contributed by atoms with Crippen molar-refractivity contribution in [3.8, 4) is 11.1 Å². The summed E-state index contributed by atoms with van der Waals surface area (Å²) in [5, 5.41) is 11.1. The van der Waals surface area contributed by atoms with Crippen molar-refractivity contribution in [2.45, 2.75) is 32.4 Å². The number of benzene rings is 1. The minimum atomic E-state index is -0.247. The van der Waals surface area contributed by atoms with Crippen molar-refractivity contribution in [1.29, 1.82) is 0 Å². The van der Waals surface area contributed by atoms with Crippen LogP contribution in [0.25, 0.3) is 22.0 Å². The number of H-pyrrole nitrogens is 1. The molecular formula is C29H33N7O2. The molecule has 2 N–H and O–H groups in total. The zero-order valence-corrected chi connectivity index (χ0v) is 21.5. The van der Waals surface area contributed by atoms with Crippen molar-refractivity contribution in [3.63, 3.8) is 0 Å². The molecule has 0 atom stereocenters. The summed E-state index contributed by atoms with van der Waals surface area (Å²) < 4.78 is 5.46. The largest absolute Gasteiger partial charge is 0.379 e. The summed E-state index contributed by atoms with van der Waals surface area (Å²) in [6.07, 6.45) is 9.31. The number of hydrogen-bond donors (Lipinski definition) is 2. The van der Waals surface area contributed by atoms with E-state index in [0.717, 1.165) is 91.5 Å². The van der Waals surface area contributed by atoms with Gasteiger partial charge >= 0.3 is 0 Å². The topological polar surface area (TPSA) is 99.3 Å². The van der Waals surface area contributed by atoms with Crippen LogP contribution in [0.2, 0.25) is 0 Å². The molecule has 38 heavy (non-hydrogen) atoms. The van der Waals surface area contributed by atoms with Crippen LogP contribution >= 0.6 is 0 Å². The van der Waals surface area contributed by atoms with E-state index in [-0.39, 0.29) is 5.91 Å². The fourth-order valence-electron chi connectivity index (χ4n) is 5.30. The van der Waals surface area contributed by atoms with E-state index in [4.69, 9.17) is 4.74 Å². The third kappa shape index (κ3) is 5.75. The first-order valence-corrected chi connectivity index (χ1v) is 13.4. The van der Waals surface area contributed by atoms with Gasteiger partial charge in [-0.2, -0.15) is 5.10 Å². The number of ether oxygens (including phenoxy) is 1. The molecule has 9 heteroatoms. The highest BCUT2D eigenvalue weighted by Crippen LogP contribution is 2.26. The Hall–Kier alpha value is -3.66. The van der Waals surface area contributed by atoms with Crippen molar-refractivity contribution < 1.29 is 9.53 Å². The van der Waals surface area contributed by atoms with Crippen LogP contribution in [0, 0.1) is 0 Å². The Bertz CT molecular complexity index is 1410. The predicted octanol–water partition coefficient (Wildman–Crippen LogP) is 4.09. The minimum absolute atomic E-state index is 0.247. The average Bonchev–Trinajstić information content (AvgIpc) is 3.38. The molecule has 0 unspecified atom stereocenters. The number of amides is 1. The number of carbonyl (C=O) groups is 1. The van der Waals surface area contributed by atoms with Crippen LogP contribution in [-0.2, 0) is 17.8 Å². The number of aromatic amines is 1. The summed E-state index contributed by atoms with van der Waals surface area (Å²) in [6.45, 7) is 7.26. The van der Waals surface area contributed by atoms with E-state index >= 15 is 0 Å². The van der Waals surface area contributed by atoms with Gasteiger partial charge in [0.25, 0.3) is 5.91 Å². The number of hydrogen-bond acceptors (Lipinski definition) is 7. The van der Waals surface area contributed by atoms with E-state index < -0.39 is 0 Å². The molecule has 2 aliphatic heterocycles. The lowest BCUT2D eigenvalue weighted by Crippen LogP contribution is -2.35. The molecule has 0 bridgehead atoms. The summed E-state index contributed by atoms with van der Waals surface area (Å²) >= 11 is 0. The number of nitrogens with one attached hydrogen (secondary N) is 2. The Kier molecular flexibility index (Phi) is 7.39. The number of pyridine rings is 2. The van der Waals surface area contributed by atoms with Gasteiger partial charge < -0.3 is 10.1 Å². The Morgan fingerprint density at radius 3 is 2.63 bits per heavy atom. The predicted molar refractivity (Wildman–Crippen MR) is 147 cm³/mol. The lowest BCUT2D eigenvalue weighted by atomic mass is 10.0. The number of aromatic nitrogens is 4. The molecule has 196 valence electrons. The fourth-order valence-corrected chi connectivity index (χ4v) is 5.30. The molecule has 1 amide bonds. The second-order valence-corrected chi connectivity index (χ2v) is 10.1. The molecule has 2 fully saturated rings. The number of rotatable bonds is 7. The monoisotopic (exact) mass is 511 g/mol. The molecule has 5 heterocycles. The average molecular weight is 512 g/mol. The number of carbonyl (C=O) groups excluding carboxylic acids is 1. The molecule has 0 aliphatic carbocycles. The first-order valence-electron chi connectivity index (χ1n) is 13.4. The molecule has 0 spiro atoms. The van der Waals surface area contributed by atoms with Gasteiger partial charge in [-0.1, -0.05) is 12.5 Å². The van der Waals surface area contributed by atoms with Crippen LogP contribution in [0.15, 0.2) is 55.0 Å². The number of anilines is 1. The summed E-state index contributed by atoms with van der Waals surface area (Å²) in [7, 11) is 0. The van der Waals surface area contributed by atoms with E-state index in [0.29, 0.717) is 5.69 Å². The van der Waals surface area contributed by atoms with Gasteiger partial charge in [-0.3, -0.25) is 29.7 Å². The fraction of sp³-hybridized carbons (Fsp3) is 0.379. The number of likely N-dealkylation sites (tertiary alicyclic amines) is 1. The zero-order valence-electron chi connectivity index (χ0n) is 21.5. The van der Waals surface area contributed by atoms with Crippen molar-refractivity contribution >= 4 is 22.5 Å². The molecular weight excluding hydrogens is 478 g/mol. The third-order valence-electron chi connectivity index (χ3n) is 7.32. The first-order chi connectivity index (χ1) is 18.7. The van der Waals surface area contributed by atoms with Gasteiger partial charge in [0.05, 0.1) is 24.4 Å². The van der Waals surface area contributed by atoms with E-state index in [9.17, 15) is 4.79 Å². The van der Waals surface area contributed by atoms with Gasteiger partial charge in [-0.25, -0.2) is 0 Å². The van der Waals surface area contributed by atoms with Gasteiger partial charge in [0, 0.05) is 61.4 Å². The van der Waals surface area contributed by atoms with Crippen molar-refractivity contribution in [1.82, 2.24) is 30.0 Å². The van der Waals surface area contributed by atoms with Crippen molar-refractivity contribution in [2.75, 3.05) is 44.7 Å². The van der Waals surface area contributed by atoms with Crippen LogP contribution in [0.3, 0.4) is 0 Å². The van der Waals surface area contributed by atoms with Crippen LogP contribution in [0.4, 0.5) is 5.69 Å². The Morgan fingerprint density at radius 2 is 1.76 bits per heavy atom. The maximum Gasteiger partial charge on any atom is 0.276 e. The van der Waals surface area contributed by atoms with Gasteiger partial charge in [0.1, 0.15) is 0 Å². The second kappa shape index (κ2) is 11.4. The highest BCUT2D eigenvalue weighted by atomic mass is 16.5. The summed E-state index contributed by atoms with van der Waals surface area (Å²) in [6, 6.07) is 12.0. The van der Waals surface area contributed by atoms with Gasteiger partial charge in [-0.15, -0.1) is 0 Å². The standard InChI is InChI=1S/C29H33N7O2/c37-29(32-24-6-7-31-25(16-24)20-35-8-2-1-3-9-35)28-26-15-22(4-5-27(26)33-34-28)23-14-21(17-30-18-23)19-36-10-12-38-13-11-36/h4-7,14-18H,1-3,8-13,19-20H2,(H,33,34)(H,31,32,37). The van der Waals surface area contributed by atoms with Crippen LogP contribution in [0.5, 0.6) is 0 Å². The van der Waals surface area contributed by atoms with E-state index in [1.165, 1.54) is 19.3 Å². The molecule has 0 saturated carbocycles. The van der Waals surface area contributed by atoms with Crippen LogP contribution in [0.1, 0.15) is 41.0 Å².